The van der Waals surface area contributed by atoms with E-state index in [1.54, 1.807) is 12.3 Å². The summed E-state index contributed by atoms with van der Waals surface area (Å²) in [7, 11) is 0. The van der Waals surface area contributed by atoms with Crippen LogP contribution in [0.3, 0.4) is 0 Å². The number of carbonyl (C=O) groups excluding carboxylic acids is 3. The van der Waals surface area contributed by atoms with Crippen molar-refractivity contribution in [3.63, 3.8) is 0 Å². The van der Waals surface area contributed by atoms with E-state index in [1.165, 1.54) is 19.4 Å². The first kappa shape index (κ1) is 27.9. The predicted molar refractivity (Wildman–Crippen MR) is 134 cm³/mol. The van der Waals surface area contributed by atoms with Gasteiger partial charge in [0.1, 0.15) is 18.1 Å². The molecule has 3 rings (SSSR count). The molecule has 3 amide bonds. The molecular formula is C24H29N7O7. The van der Waals surface area contributed by atoms with Gasteiger partial charge in [-0.1, -0.05) is 18.2 Å². The number of carboxylic acids is 2. The van der Waals surface area contributed by atoms with Gasteiger partial charge in [0.15, 0.2) is 0 Å². The highest BCUT2D eigenvalue weighted by Gasteiger charge is 2.30. The highest BCUT2D eigenvalue weighted by Crippen LogP contribution is 2.19. The number of imidazole rings is 1. The number of carbonyl (C=O) groups is 5. The van der Waals surface area contributed by atoms with Gasteiger partial charge in [0, 0.05) is 41.8 Å². The van der Waals surface area contributed by atoms with E-state index in [-0.39, 0.29) is 12.8 Å². The predicted octanol–water partition coefficient (Wildman–Crippen LogP) is -0.963. The van der Waals surface area contributed by atoms with Crippen molar-refractivity contribution < 1.29 is 34.2 Å². The van der Waals surface area contributed by atoms with Gasteiger partial charge in [0.25, 0.3) is 0 Å². The molecule has 2 heterocycles. The molecule has 4 unspecified atom stereocenters. The Hall–Kier alpha value is -4.72. The highest BCUT2D eigenvalue weighted by atomic mass is 16.4. The maximum absolute atomic E-state index is 13.1. The van der Waals surface area contributed by atoms with E-state index in [0.29, 0.717) is 11.3 Å². The summed E-state index contributed by atoms with van der Waals surface area (Å²) >= 11 is 0. The van der Waals surface area contributed by atoms with E-state index >= 15 is 0 Å². The molecule has 4 atom stereocenters. The first-order chi connectivity index (χ1) is 18.0. The molecule has 14 nitrogen and oxygen atoms in total. The number of benzene rings is 1. The summed E-state index contributed by atoms with van der Waals surface area (Å²) in [5.74, 6) is -5.18. The maximum atomic E-state index is 13.1. The zero-order valence-electron chi connectivity index (χ0n) is 20.4. The average molecular weight is 528 g/mol. The van der Waals surface area contributed by atoms with Crippen molar-refractivity contribution in [3.8, 4) is 0 Å². The molecule has 3 aromatic rings. The smallest absolute Gasteiger partial charge is 0.326 e. The molecule has 2 aromatic heterocycles. The van der Waals surface area contributed by atoms with Crippen LogP contribution in [-0.4, -0.2) is 79.0 Å². The molecule has 0 saturated heterocycles. The lowest BCUT2D eigenvalue weighted by molar-refractivity contribution is -0.147. The highest BCUT2D eigenvalue weighted by molar-refractivity contribution is 5.95. The minimum Gasteiger partial charge on any atom is -0.481 e. The third kappa shape index (κ3) is 7.39. The number of para-hydroxylation sites is 1. The van der Waals surface area contributed by atoms with Gasteiger partial charge in [0.2, 0.25) is 17.7 Å². The molecule has 0 radical (unpaired) electrons. The fourth-order valence-electron chi connectivity index (χ4n) is 3.79. The Bertz CT molecular complexity index is 1300. The van der Waals surface area contributed by atoms with Gasteiger partial charge < -0.3 is 41.9 Å². The zero-order chi connectivity index (χ0) is 27.8. The fraction of sp³-hybridized carbons (Fsp3) is 0.333. The van der Waals surface area contributed by atoms with Crippen LogP contribution in [0.25, 0.3) is 10.9 Å². The molecule has 0 aliphatic rings. The Balaban J connectivity index is 1.73. The van der Waals surface area contributed by atoms with Crippen molar-refractivity contribution in [2.45, 2.75) is 50.4 Å². The van der Waals surface area contributed by atoms with E-state index < -0.39 is 60.2 Å². The molecule has 202 valence electrons. The van der Waals surface area contributed by atoms with Gasteiger partial charge in [-0.15, -0.1) is 0 Å². The molecule has 38 heavy (non-hydrogen) atoms. The molecule has 0 aliphatic heterocycles. The quantitative estimate of drug-likeness (QED) is 0.136. The van der Waals surface area contributed by atoms with E-state index in [2.05, 4.69) is 30.9 Å². The van der Waals surface area contributed by atoms with Gasteiger partial charge in [-0.05, 0) is 18.6 Å². The van der Waals surface area contributed by atoms with Crippen molar-refractivity contribution in [2.24, 2.45) is 5.73 Å². The Morgan fingerprint density at radius 3 is 2.32 bits per heavy atom. The van der Waals surface area contributed by atoms with Crippen molar-refractivity contribution in [2.75, 3.05) is 0 Å². The van der Waals surface area contributed by atoms with E-state index in [9.17, 15) is 29.1 Å². The first-order valence-corrected chi connectivity index (χ1v) is 11.7. The van der Waals surface area contributed by atoms with Crippen LogP contribution in [0.1, 0.15) is 24.6 Å². The molecule has 0 spiro atoms. The van der Waals surface area contributed by atoms with Crippen LogP contribution in [0.4, 0.5) is 0 Å². The van der Waals surface area contributed by atoms with Crippen LogP contribution in [0, 0.1) is 0 Å². The molecule has 0 aliphatic carbocycles. The Kier molecular flexibility index (Phi) is 9.16. The lowest BCUT2D eigenvalue weighted by atomic mass is 10.0. The van der Waals surface area contributed by atoms with Crippen LogP contribution in [0.2, 0.25) is 0 Å². The van der Waals surface area contributed by atoms with Crippen LogP contribution in [0.5, 0.6) is 0 Å². The monoisotopic (exact) mass is 527 g/mol. The van der Waals surface area contributed by atoms with Gasteiger partial charge in [-0.25, -0.2) is 9.78 Å². The number of nitrogens with zero attached hydrogens (tertiary/aromatic N) is 1. The number of aliphatic carboxylic acids is 2. The Morgan fingerprint density at radius 2 is 1.66 bits per heavy atom. The fourth-order valence-corrected chi connectivity index (χ4v) is 3.79. The number of aromatic nitrogens is 3. The molecule has 1 aromatic carbocycles. The summed E-state index contributed by atoms with van der Waals surface area (Å²) in [4.78, 5) is 70.7. The normalized spacial score (nSPS) is 14.2. The van der Waals surface area contributed by atoms with Crippen molar-refractivity contribution in [1.29, 1.82) is 0 Å². The number of carboxylic acid groups (broad SMARTS) is 2. The molecule has 14 heteroatoms. The number of hydrogen-bond acceptors (Lipinski definition) is 7. The second-order valence-corrected chi connectivity index (χ2v) is 8.74. The third-order valence-electron chi connectivity index (χ3n) is 5.81. The van der Waals surface area contributed by atoms with E-state index in [4.69, 9.17) is 10.8 Å². The number of fused-ring (bicyclic) bond motifs is 1. The number of rotatable bonds is 13. The standard InChI is InChI=1S/C24H29N7O7/c1-12(29-22(35)16(25)7-14-10-26-11-28-14)21(34)30-18(23(36)31-19(24(37)38)8-20(32)33)6-13-9-27-17-5-3-2-4-15(13)17/h2-5,9-12,16,18-19,27H,6-8,25H2,1H3,(H,26,28)(H,29,35)(H,30,34)(H,31,36)(H,32,33)(H,37,38). The zero-order valence-corrected chi connectivity index (χ0v) is 20.4. The lowest BCUT2D eigenvalue weighted by Crippen LogP contribution is -2.57. The molecule has 0 fully saturated rings. The number of hydrogen-bond donors (Lipinski definition) is 8. The number of nitrogens with two attached hydrogens (primary N) is 1. The maximum Gasteiger partial charge on any atom is 0.326 e. The Labute approximate surface area is 216 Å². The number of nitrogens with one attached hydrogen (secondary N) is 5. The number of H-pyrrole nitrogens is 2. The van der Waals surface area contributed by atoms with Crippen LogP contribution in [0.15, 0.2) is 43.0 Å². The molecule has 0 saturated carbocycles. The average Bonchev–Trinajstić information content (AvgIpc) is 3.52. The summed E-state index contributed by atoms with van der Waals surface area (Å²) in [6.07, 6.45) is 3.89. The number of amides is 3. The molecular weight excluding hydrogens is 498 g/mol. The van der Waals surface area contributed by atoms with Crippen LogP contribution >= 0.6 is 0 Å². The van der Waals surface area contributed by atoms with Gasteiger partial charge in [-0.3, -0.25) is 19.2 Å². The Morgan fingerprint density at radius 1 is 0.947 bits per heavy atom. The van der Waals surface area contributed by atoms with E-state index in [1.807, 2.05) is 18.2 Å². The van der Waals surface area contributed by atoms with Crippen molar-refractivity contribution in [1.82, 2.24) is 30.9 Å². The molecule has 9 N–H and O–H groups in total. The van der Waals surface area contributed by atoms with Crippen LogP contribution in [-0.2, 0) is 36.8 Å². The van der Waals surface area contributed by atoms with Gasteiger partial charge in [-0.2, -0.15) is 0 Å². The van der Waals surface area contributed by atoms with Gasteiger partial charge in [0.05, 0.1) is 18.8 Å². The van der Waals surface area contributed by atoms with E-state index in [0.717, 1.165) is 10.9 Å². The number of aromatic amines is 2. The van der Waals surface area contributed by atoms with Crippen molar-refractivity contribution >= 4 is 40.6 Å². The first-order valence-electron chi connectivity index (χ1n) is 11.7. The topological polar surface area (TPSA) is 232 Å². The summed E-state index contributed by atoms with van der Waals surface area (Å²) in [6, 6.07) is 2.20. The summed E-state index contributed by atoms with van der Waals surface area (Å²) in [5.41, 5.74) is 7.99. The van der Waals surface area contributed by atoms with Crippen molar-refractivity contribution in [3.05, 3.63) is 54.2 Å². The second kappa shape index (κ2) is 12.5. The summed E-state index contributed by atoms with van der Waals surface area (Å²) in [6.45, 7) is 1.40. The van der Waals surface area contributed by atoms with Gasteiger partial charge >= 0.3 is 11.9 Å². The minimum absolute atomic E-state index is 0.0407. The third-order valence-corrected chi connectivity index (χ3v) is 5.81. The molecule has 0 bridgehead atoms. The SMILES string of the molecule is CC(NC(=O)C(N)Cc1cnc[nH]1)C(=O)NC(Cc1c[nH]c2ccccc12)C(=O)NC(CC(=O)O)C(=O)O. The lowest BCUT2D eigenvalue weighted by Gasteiger charge is -2.23. The second-order valence-electron chi connectivity index (χ2n) is 8.74. The summed E-state index contributed by atoms with van der Waals surface area (Å²) < 4.78 is 0. The largest absolute Gasteiger partial charge is 0.481 e. The summed E-state index contributed by atoms with van der Waals surface area (Å²) in [5, 5.41) is 26.3. The minimum atomic E-state index is -1.71. The van der Waals surface area contributed by atoms with Crippen LogP contribution < -0.4 is 21.7 Å².